The second kappa shape index (κ2) is 7.34. The van der Waals surface area contributed by atoms with Crippen molar-refractivity contribution in [1.29, 1.82) is 0 Å². The number of hydrogen-bond acceptors (Lipinski definition) is 3. The van der Waals surface area contributed by atoms with Gasteiger partial charge in [-0.1, -0.05) is 13.8 Å². The second-order valence-electron chi connectivity index (χ2n) is 4.83. The summed E-state index contributed by atoms with van der Waals surface area (Å²) in [4.78, 5) is 12.6. The Bertz CT molecular complexity index is 410. The molecule has 18 heavy (non-hydrogen) atoms. The monoisotopic (exact) mass is 267 g/mol. The molecule has 4 heteroatoms. The Labute approximate surface area is 113 Å². The van der Waals surface area contributed by atoms with Gasteiger partial charge in [-0.05, 0) is 42.3 Å². The number of aliphatic hydroxyl groups is 1. The normalized spacial score (nSPS) is 13.2. The number of thiophene rings is 1. The second-order valence-corrected chi connectivity index (χ2v) is 5.78. The van der Waals surface area contributed by atoms with Crippen LogP contribution in [-0.4, -0.2) is 23.7 Å². The topological polar surface area (TPSA) is 49.3 Å². The van der Waals surface area contributed by atoms with E-state index in [-0.39, 0.29) is 5.91 Å². The quantitative estimate of drug-likeness (QED) is 0.778. The number of aliphatic hydroxyl groups excluding tert-OH is 1. The highest BCUT2D eigenvalue weighted by atomic mass is 32.1. The minimum Gasteiger partial charge on any atom is -0.391 e. The van der Waals surface area contributed by atoms with E-state index < -0.39 is 6.10 Å². The van der Waals surface area contributed by atoms with Gasteiger partial charge in [0.15, 0.2) is 0 Å². The van der Waals surface area contributed by atoms with Gasteiger partial charge in [-0.2, -0.15) is 0 Å². The first-order valence-corrected chi connectivity index (χ1v) is 7.05. The van der Waals surface area contributed by atoms with E-state index in [4.69, 9.17) is 0 Å². The molecule has 3 nitrogen and oxygen atoms in total. The van der Waals surface area contributed by atoms with Crippen LogP contribution < -0.4 is 5.32 Å². The van der Waals surface area contributed by atoms with Gasteiger partial charge >= 0.3 is 0 Å². The molecule has 0 saturated carbocycles. The van der Waals surface area contributed by atoms with Gasteiger partial charge in [0, 0.05) is 17.5 Å². The third-order valence-electron chi connectivity index (χ3n) is 2.54. The van der Waals surface area contributed by atoms with Gasteiger partial charge in [-0.15, -0.1) is 11.3 Å². The smallest absolute Gasteiger partial charge is 0.244 e. The Balaban J connectivity index is 2.34. The van der Waals surface area contributed by atoms with E-state index in [0.29, 0.717) is 18.9 Å². The molecule has 1 aromatic rings. The average molecular weight is 267 g/mol. The molecule has 0 radical (unpaired) electrons. The SMILES string of the molecule is Cc1ccsc1/C=C/C(=O)NCC(O)CC(C)C. The maximum Gasteiger partial charge on any atom is 0.244 e. The molecule has 0 aromatic carbocycles. The Morgan fingerprint density at radius 1 is 1.56 bits per heavy atom. The fourth-order valence-corrected chi connectivity index (χ4v) is 2.43. The van der Waals surface area contributed by atoms with Gasteiger partial charge in [0.1, 0.15) is 0 Å². The van der Waals surface area contributed by atoms with Gasteiger partial charge in [0.2, 0.25) is 5.91 Å². The molecule has 0 aliphatic rings. The highest BCUT2D eigenvalue weighted by molar-refractivity contribution is 7.11. The molecule has 0 spiro atoms. The Kier molecular flexibility index (Phi) is 6.09. The minimum absolute atomic E-state index is 0.161. The van der Waals surface area contributed by atoms with Crippen molar-refractivity contribution in [1.82, 2.24) is 5.32 Å². The van der Waals surface area contributed by atoms with Crippen LogP contribution in [0.2, 0.25) is 0 Å². The van der Waals surface area contributed by atoms with Crippen molar-refractivity contribution in [3.05, 3.63) is 28.0 Å². The molecule has 1 rings (SSSR count). The number of hydrogen-bond donors (Lipinski definition) is 2. The number of aryl methyl sites for hydroxylation is 1. The predicted octanol–water partition coefficient (Wildman–Crippen LogP) is 2.59. The Morgan fingerprint density at radius 3 is 2.83 bits per heavy atom. The highest BCUT2D eigenvalue weighted by Gasteiger charge is 2.07. The lowest BCUT2D eigenvalue weighted by Crippen LogP contribution is -2.31. The molecule has 0 saturated heterocycles. The molecule has 2 N–H and O–H groups in total. The van der Waals surface area contributed by atoms with Crippen LogP contribution in [0.5, 0.6) is 0 Å². The molecule has 1 unspecified atom stereocenters. The summed E-state index contributed by atoms with van der Waals surface area (Å²) in [6, 6.07) is 2.02. The van der Waals surface area contributed by atoms with Crippen LogP contribution >= 0.6 is 11.3 Å². The van der Waals surface area contributed by atoms with Gasteiger partial charge < -0.3 is 10.4 Å². The Morgan fingerprint density at radius 2 is 2.28 bits per heavy atom. The van der Waals surface area contributed by atoms with Crippen LogP contribution in [-0.2, 0) is 4.79 Å². The van der Waals surface area contributed by atoms with Crippen molar-refractivity contribution in [2.24, 2.45) is 5.92 Å². The van der Waals surface area contributed by atoms with Crippen LogP contribution in [0.15, 0.2) is 17.5 Å². The molecule has 0 aliphatic heterocycles. The number of amides is 1. The summed E-state index contributed by atoms with van der Waals surface area (Å²) in [5.74, 6) is 0.270. The summed E-state index contributed by atoms with van der Waals surface area (Å²) in [5.41, 5.74) is 1.17. The molecule has 0 bridgehead atoms. The van der Waals surface area contributed by atoms with Crippen molar-refractivity contribution in [3.63, 3.8) is 0 Å². The van der Waals surface area contributed by atoms with E-state index in [1.807, 2.05) is 38.3 Å². The number of carbonyl (C=O) groups is 1. The van der Waals surface area contributed by atoms with Crippen LogP contribution in [0.25, 0.3) is 6.08 Å². The first kappa shape index (κ1) is 14.9. The molecule has 1 heterocycles. The van der Waals surface area contributed by atoms with Gasteiger partial charge in [-0.3, -0.25) is 4.79 Å². The van der Waals surface area contributed by atoms with Gasteiger partial charge in [0.25, 0.3) is 0 Å². The first-order valence-electron chi connectivity index (χ1n) is 6.17. The summed E-state index contributed by atoms with van der Waals surface area (Å²) in [6.45, 7) is 6.42. The molecular weight excluding hydrogens is 246 g/mol. The third kappa shape index (κ3) is 5.47. The molecule has 1 amide bonds. The van der Waals surface area contributed by atoms with Crippen LogP contribution in [0.4, 0.5) is 0 Å². The summed E-state index contributed by atoms with van der Waals surface area (Å²) in [7, 11) is 0. The van der Waals surface area contributed by atoms with Gasteiger partial charge in [0.05, 0.1) is 6.10 Å². The Hall–Kier alpha value is -1.13. The molecular formula is C14H21NO2S. The predicted molar refractivity (Wildman–Crippen MR) is 76.6 cm³/mol. The summed E-state index contributed by atoms with van der Waals surface area (Å²) >= 11 is 1.61. The zero-order valence-corrected chi connectivity index (χ0v) is 12.0. The van der Waals surface area contributed by atoms with Crippen molar-refractivity contribution >= 4 is 23.3 Å². The number of nitrogens with one attached hydrogen (secondary N) is 1. The molecule has 100 valence electrons. The standard InChI is InChI=1S/C14H21NO2S/c1-10(2)8-12(16)9-15-14(17)5-4-13-11(3)6-7-18-13/h4-7,10,12,16H,8-9H2,1-3H3,(H,15,17)/b5-4+. The van der Waals surface area contributed by atoms with E-state index in [2.05, 4.69) is 5.32 Å². The van der Waals surface area contributed by atoms with E-state index in [9.17, 15) is 9.90 Å². The van der Waals surface area contributed by atoms with E-state index in [0.717, 1.165) is 4.88 Å². The van der Waals surface area contributed by atoms with E-state index in [1.54, 1.807) is 11.3 Å². The highest BCUT2D eigenvalue weighted by Crippen LogP contribution is 2.16. The minimum atomic E-state index is -0.467. The van der Waals surface area contributed by atoms with E-state index in [1.165, 1.54) is 11.6 Å². The van der Waals surface area contributed by atoms with Crippen LogP contribution in [0, 0.1) is 12.8 Å². The van der Waals surface area contributed by atoms with Crippen molar-refractivity contribution in [2.45, 2.75) is 33.3 Å². The molecule has 1 aromatic heterocycles. The summed E-state index contributed by atoms with van der Waals surface area (Å²) in [5, 5.41) is 14.3. The zero-order valence-electron chi connectivity index (χ0n) is 11.1. The third-order valence-corrected chi connectivity index (χ3v) is 3.53. The average Bonchev–Trinajstić information content (AvgIpc) is 2.68. The van der Waals surface area contributed by atoms with Crippen molar-refractivity contribution in [3.8, 4) is 0 Å². The van der Waals surface area contributed by atoms with Crippen LogP contribution in [0.3, 0.4) is 0 Å². The van der Waals surface area contributed by atoms with Crippen molar-refractivity contribution < 1.29 is 9.90 Å². The lowest BCUT2D eigenvalue weighted by atomic mass is 10.1. The largest absolute Gasteiger partial charge is 0.391 e. The fraction of sp³-hybridized carbons (Fsp3) is 0.500. The fourth-order valence-electron chi connectivity index (χ4n) is 1.61. The van der Waals surface area contributed by atoms with Crippen molar-refractivity contribution in [2.75, 3.05) is 6.54 Å². The van der Waals surface area contributed by atoms with E-state index >= 15 is 0 Å². The van der Waals surface area contributed by atoms with Crippen LogP contribution in [0.1, 0.15) is 30.7 Å². The number of carbonyl (C=O) groups excluding carboxylic acids is 1. The summed E-state index contributed by atoms with van der Waals surface area (Å²) < 4.78 is 0. The van der Waals surface area contributed by atoms with Gasteiger partial charge in [-0.25, -0.2) is 0 Å². The lowest BCUT2D eigenvalue weighted by molar-refractivity contribution is -0.116. The molecule has 0 fully saturated rings. The number of rotatable bonds is 6. The maximum atomic E-state index is 11.5. The molecule has 0 aliphatic carbocycles. The molecule has 1 atom stereocenters. The maximum absolute atomic E-state index is 11.5. The summed E-state index contributed by atoms with van der Waals surface area (Å²) in [6.07, 6.45) is 3.56. The zero-order chi connectivity index (χ0) is 13.5. The lowest BCUT2D eigenvalue weighted by Gasteiger charge is -2.12. The first-order chi connectivity index (χ1) is 8.49.